The maximum absolute atomic E-state index is 5.57. The Bertz CT molecular complexity index is 269. The van der Waals surface area contributed by atoms with Gasteiger partial charge < -0.3 is 4.43 Å². The maximum atomic E-state index is 5.57. The highest BCUT2D eigenvalue weighted by Crippen LogP contribution is 2.16. The largest absolute Gasteiger partial charge is 0.396 e. The normalized spacial score (nSPS) is 13.9. The number of rotatable bonds is 20. The van der Waals surface area contributed by atoms with Crippen LogP contribution in [0.15, 0.2) is 0 Å². The van der Waals surface area contributed by atoms with Crippen LogP contribution in [0.3, 0.4) is 0 Å². The smallest absolute Gasteiger partial charge is 0.371 e. The van der Waals surface area contributed by atoms with Crippen molar-refractivity contribution in [3.8, 4) is 0 Å². The summed E-state index contributed by atoms with van der Waals surface area (Å²) in [4.78, 5) is 5.40. The van der Waals surface area contributed by atoms with Gasteiger partial charge in [-0.3, -0.25) is 4.58 Å². The first kappa shape index (κ1) is 25.4. The molecule has 5 heteroatoms. The van der Waals surface area contributed by atoms with Crippen LogP contribution in [0.5, 0.6) is 0 Å². The van der Waals surface area contributed by atoms with Gasteiger partial charge in [-0.2, -0.15) is 12.6 Å². The van der Waals surface area contributed by atoms with Crippen molar-refractivity contribution in [1.29, 1.82) is 0 Å². The minimum Gasteiger partial charge on any atom is -0.396 e. The van der Waals surface area contributed by atoms with Crippen LogP contribution in [0.2, 0.25) is 12.6 Å². The Hall–Kier alpha value is 0.447. The molecule has 0 aliphatic rings. The van der Waals surface area contributed by atoms with Crippen molar-refractivity contribution in [3.05, 3.63) is 0 Å². The zero-order chi connectivity index (χ0) is 18.6. The Kier molecular flexibility index (Phi) is 19.6. The highest BCUT2D eigenvalue weighted by atomic mass is 32.1. The lowest BCUT2D eigenvalue weighted by Crippen LogP contribution is -2.37. The van der Waals surface area contributed by atoms with Crippen LogP contribution in [-0.2, 0) is 13.9 Å². The summed E-state index contributed by atoms with van der Waals surface area (Å²) in [6.45, 7) is 5.02. The van der Waals surface area contributed by atoms with Crippen LogP contribution in [0, 0.1) is 0 Å². The van der Waals surface area contributed by atoms with Crippen molar-refractivity contribution >= 4 is 21.2 Å². The molecular weight excluding hydrogens is 348 g/mol. The molecule has 0 radical (unpaired) electrons. The molecule has 0 aliphatic heterocycles. The van der Waals surface area contributed by atoms with Gasteiger partial charge in [0.25, 0.3) is 0 Å². The molecule has 25 heavy (non-hydrogen) atoms. The Labute approximate surface area is 164 Å². The molecule has 1 atom stereocenters. The third kappa shape index (κ3) is 17.6. The van der Waals surface area contributed by atoms with Crippen LogP contribution >= 0.6 is 12.6 Å². The summed E-state index contributed by atoms with van der Waals surface area (Å²) in [6.07, 6.45) is 18.8. The summed E-state index contributed by atoms with van der Waals surface area (Å²) >= 11 is 4.24. The first-order valence-electron chi connectivity index (χ1n) is 10.6. The Morgan fingerprint density at radius 3 is 1.64 bits per heavy atom. The summed E-state index contributed by atoms with van der Waals surface area (Å²) in [6, 6.07) is 0.936. The average molecular weight is 393 g/mol. The van der Waals surface area contributed by atoms with E-state index in [9.17, 15) is 0 Å². The van der Waals surface area contributed by atoms with Gasteiger partial charge in [0.05, 0.1) is 6.61 Å². The van der Waals surface area contributed by atoms with E-state index in [1.807, 2.05) is 0 Å². The fraction of sp³-hybridized carbons (Fsp3) is 1.00. The van der Waals surface area contributed by atoms with Gasteiger partial charge in [-0.1, -0.05) is 84.0 Å². The minimum atomic E-state index is -2.12. The van der Waals surface area contributed by atoms with E-state index in [2.05, 4.69) is 26.1 Å². The number of hydrogen-bond donors (Lipinski definition) is 1. The van der Waals surface area contributed by atoms with E-state index in [0.29, 0.717) is 6.61 Å². The predicted octanol–water partition coefficient (Wildman–Crippen LogP) is 7.06. The van der Waals surface area contributed by atoms with Gasteiger partial charge in [0.1, 0.15) is 0 Å². The maximum Gasteiger partial charge on any atom is 0.371 e. The van der Waals surface area contributed by atoms with Gasteiger partial charge >= 0.3 is 8.56 Å². The highest BCUT2D eigenvalue weighted by molar-refractivity contribution is 7.80. The van der Waals surface area contributed by atoms with E-state index in [-0.39, 0.29) is 0 Å². The van der Waals surface area contributed by atoms with Gasteiger partial charge in [-0.25, -0.2) is 4.89 Å². The Balaban J connectivity index is 3.25. The molecular formula is C20H44O3SSi. The third-order valence-corrected chi connectivity index (χ3v) is 7.70. The molecule has 0 N–H and O–H groups in total. The quantitative estimate of drug-likeness (QED) is 0.0789. The molecule has 152 valence electrons. The van der Waals surface area contributed by atoms with Crippen molar-refractivity contribution < 1.29 is 13.9 Å². The fourth-order valence-corrected chi connectivity index (χ4v) is 4.89. The number of thiol groups is 1. The van der Waals surface area contributed by atoms with Crippen LogP contribution in [0.1, 0.15) is 96.8 Å². The Morgan fingerprint density at radius 2 is 1.20 bits per heavy atom. The van der Waals surface area contributed by atoms with E-state index in [1.54, 1.807) is 7.11 Å². The molecule has 0 aromatic heterocycles. The first-order chi connectivity index (χ1) is 12.2. The molecule has 0 aliphatic carbocycles. The topological polar surface area (TPSA) is 27.7 Å². The molecule has 3 nitrogen and oxygen atoms in total. The predicted molar refractivity (Wildman–Crippen MR) is 115 cm³/mol. The molecule has 1 unspecified atom stereocenters. The minimum absolute atomic E-state index is 0.685. The van der Waals surface area contributed by atoms with Gasteiger partial charge in [-0.15, -0.1) is 0 Å². The van der Waals surface area contributed by atoms with E-state index in [1.165, 1.54) is 77.0 Å². The van der Waals surface area contributed by atoms with Crippen LogP contribution in [0.4, 0.5) is 0 Å². The monoisotopic (exact) mass is 392 g/mol. The van der Waals surface area contributed by atoms with Gasteiger partial charge in [-0.05, 0) is 31.2 Å². The lowest BCUT2D eigenvalue weighted by molar-refractivity contribution is -0.232. The van der Waals surface area contributed by atoms with Crippen molar-refractivity contribution in [1.82, 2.24) is 0 Å². The lowest BCUT2D eigenvalue weighted by Gasteiger charge is -2.23. The molecule has 0 aromatic rings. The molecule has 0 amide bonds. The van der Waals surface area contributed by atoms with Gasteiger partial charge in [0.2, 0.25) is 0 Å². The number of unbranched alkanes of at least 4 members (excludes halogenated alkanes) is 12. The summed E-state index contributed by atoms with van der Waals surface area (Å²) in [5, 5.41) is 0. The molecule has 0 fully saturated rings. The van der Waals surface area contributed by atoms with E-state index < -0.39 is 8.56 Å². The molecule has 0 spiro atoms. The zero-order valence-electron chi connectivity index (χ0n) is 17.2. The van der Waals surface area contributed by atoms with Gasteiger partial charge in [0.15, 0.2) is 0 Å². The fourth-order valence-electron chi connectivity index (χ4n) is 2.92. The summed E-state index contributed by atoms with van der Waals surface area (Å²) in [7, 11) is -0.399. The number of hydrogen-bond acceptors (Lipinski definition) is 4. The second-order valence-electron chi connectivity index (χ2n) is 7.31. The molecule has 0 saturated carbocycles. The Morgan fingerprint density at radius 1 is 0.720 bits per heavy atom. The lowest BCUT2D eigenvalue weighted by atomic mass is 10.0. The van der Waals surface area contributed by atoms with Gasteiger partial charge in [0, 0.05) is 7.11 Å². The second-order valence-corrected chi connectivity index (χ2v) is 11.1. The third-order valence-electron chi connectivity index (χ3n) is 4.79. The van der Waals surface area contributed by atoms with E-state index in [4.69, 9.17) is 13.9 Å². The van der Waals surface area contributed by atoms with Crippen molar-refractivity contribution in [2.75, 3.05) is 19.5 Å². The average Bonchev–Trinajstić information content (AvgIpc) is 2.63. The SMILES string of the molecule is CCCCCCCCCCCCCCCOO[Si](C)(CCCS)OC. The van der Waals surface area contributed by atoms with E-state index in [0.717, 1.165) is 24.6 Å². The summed E-state index contributed by atoms with van der Waals surface area (Å²) < 4.78 is 11.1. The summed E-state index contributed by atoms with van der Waals surface area (Å²) in [5.74, 6) is 0.869. The van der Waals surface area contributed by atoms with Crippen molar-refractivity contribution in [3.63, 3.8) is 0 Å². The van der Waals surface area contributed by atoms with Crippen LogP contribution in [-0.4, -0.2) is 28.0 Å². The standard InChI is InChI=1S/C20H44O3SSi/c1-4-5-6-7-8-9-10-11-12-13-14-15-16-18-22-23-25(3,21-2)20-17-19-24/h24H,4-20H2,1-3H3. The molecule has 0 bridgehead atoms. The molecule has 0 aromatic carbocycles. The highest BCUT2D eigenvalue weighted by Gasteiger charge is 2.31. The zero-order valence-corrected chi connectivity index (χ0v) is 19.1. The molecule has 0 heterocycles. The molecule has 0 saturated heterocycles. The van der Waals surface area contributed by atoms with Crippen LogP contribution < -0.4 is 0 Å². The summed E-state index contributed by atoms with van der Waals surface area (Å²) in [5.41, 5.74) is 0. The first-order valence-corrected chi connectivity index (χ1v) is 13.8. The van der Waals surface area contributed by atoms with Crippen molar-refractivity contribution in [2.24, 2.45) is 0 Å². The molecule has 0 rings (SSSR count). The second kappa shape index (κ2) is 19.2. The van der Waals surface area contributed by atoms with Crippen LogP contribution in [0.25, 0.3) is 0 Å². The van der Waals surface area contributed by atoms with Crippen molar-refractivity contribution in [2.45, 2.75) is 109 Å². The van der Waals surface area contributed by atoms with E-state index >= 15 is 0 Å².